The zero-order chi connectivity index (χ0) is 13.2. The molecule has 2 atom stereocenters. The number of likely N-dealkylation sites (N-methyl/N-ethyl adjacent to an activating group) is 1. The second-order valence-electron chi connectivity index (χ2n) is 5.86. The van der Waals surface area contributed by atoms with Gasteiger partial charge in [0.05, 0.1) is 6.10 Å². The maximum atomic E-state index is 5.72. The van der Waals surface area contributed by atoms with Crippen LogP contribution in [0, 0.1) is 0 Å². The van der Waals surface area contributed by atoms with Crippen molar-refractivity contribution in [3.05, 3.63) is 29.3 Å². The maximum absolute atomic E-state index is 5.72. The van der Waals surface area contributed by atoms with Crippen LogP contribution in [0.2, 0.25) is 0 Å². The van der Waals surface area contributed by atoms with Crippen LogP contribution in [-0.4, -0.2) is 32.3 Å². The fraction of sp³-hybridized carbons (Fsp3) is 0.625. The van der Waals surface area contributed by atoms with Gasteiger partial charge in [-0.1, -0.05) is 12.1 Å². The molecule has 3 nitrogen and oxygen atoms in total. The van der Waals surface area contributed by atoms with E-state index in [9.17, 15) is 0 Å². The first-order chi connectivity index (χ1) is 9.24. The van der Waals surface area contributed by atoms with E-state index in [1.165, 1.54) is 36.1 Å². The van der Waals surface area contributed by atoms with Crippen LogP contribution in [0.4, 0.5) is 5.69 Å². The van der Waals surface area contributed by atoms with E-state index in [1.807, 2.05) is 0 Å². The third-order valence-corrected chi connectivity index (χ3v) is 4.42. The van der Waals surface area contributed by atoms with Crippen molar-refractivity contribution in [1.29, 1.82) is 0 Å². The molecule has 2 aliphatic rings. The molecule has 2 heterocycles. The minimum Gasteiger partial charge on any atom is -0.377 e. The first kappa shape index (κ1) is 12.9. The highest BCUT2D eigenvalue weighted by Gasteiger charge is 2.22. The van der Waals surface area contributed by atoms with Gasteiger partial charge in [0, 0.05) is 38.5 Å². The minimum atomic E-state index is 0.403. The molecule has 1 aromatic carbocycles. The van der Waals surface area contributed by atoms with E-state index in [4.69, 9.17) is 4.74 Å². The first-order valence-corrected chi connectivity index (χ1v) is 7.42. The monoisotopic (exact) mass is 260 g/mol. The number of fused-ring (bicyclic) bond motifs is 1. The van der Waals surface area contributed by atoms with Crippen molar-refractivity contribution >= 4 is 5.69 Å². The van der Waals surface area contributed by atoms with Crippen LogP contribution in [0.15, 0.2) is 18.2 Å². The average Bonchev–Trinajstić information content (AvgIpc) is 3.06. The van der Waals surface area contributed by atoms with Gasteiger partial charge in [0.15, 0.2) is 0 Å². The summed E-state index contributed by atoms with van der Waals surface area (Å²) in [4.78, 5) is 2.33. The third-order valence-electron chi connectivity index (χ3n) is 4.42. The van der Waals surface area contributed by atoms with E-state index in [-0.39, 0.29) is 0 Å². The van der Waals surface area contributed by atoms with Gasteiger partial charge in [-0.3, -0.25) is 0 Å². The Morgan fingerprint density at radius 3 is 3.16 bits per heavy atom. The zero-order valence-corrected chi connectivity index (χ0v) is 12.0. The Morgan fingerprint density at radius 2 is 2.37 bits per heavy atom. The van der Waals surface area contributed by atoms with Crippen LogP contribution in [-0.2, 0) is 17.7 Å². The maximum Gasteiger partial charge on any atom is 0.0726 e. The molecule has 0 aliphatic carbocycles. The molecule has 104 valence electrons. The Kier molecular flexibility index (Phi) is 3.76. The lowest BCUT2D eigenvalue weighted by Gasteiger charge is -2.20. The summed E-state index contributed by atoms with van der Waals surface area (Å²) in [5.74, 6) is 0. The van der Waals surface area contributed by atoms with Crippen molar-refractivity contribution < 1.29 is 4.74 Å². The molecule has 0 radical (unpaired) electrons. The normalized spacial score (nSPS) is 23.7. The quantitative estimate of drug-likeness (QED) is 0.899. The first-order valence-electron chi connectivity index (χ1n) is 7.42. The van der Waals surface area contributed by atoms with E-state index >= 15 is 0 Å². The molecule has 0 amide bonds. The molecule has 2 aliphatic heterocycles. The third kappa shape index (κ3) is 2.77. The molecule has 1 saturated heterocycles. The summed E-state index contributed by atoms with van der Waals surface area (Å²) in [6.07, 6.45) is 3.99. The van der Waals surface area contributed by atoms with Crippen LogP contribution in [0.25, 0.3) is 0 Å². The van der Waals surface area contributed by atoms with Crippen molar-refractivity contribution in [3.63, 3.8) is 0 Å². The Hall–Kier alpha value is -1.06. The lowest BCUT2D eigenvalue weighted by Crippen LogP contribution is -2.36. The molecular formula is C16H24N2O. The average molecular weight is 260 g/mol. The predicted octanol–water partition coefficient (Wildman–Crippen LogP) is 2.34. The largest absolute Gasteiger partial charge is 0.377 e. The lowest BCUT2D eigenvalue weighted by molar-refractivity contribution is 0.0832. The standard InChI is InChI=1S/C16H24N2O/c1-12(16-4-3-9-19-16)17-11-13-5-6-15-14(10-13)7-8-18(15)2/h5-6,10,12,16-17H,3-4,7-9,11H2,1-2H3. The van der Waals surface area contributed by atoms with Gasteiger partial charge < -0.3 is 15.0 Å². The highest BCUT2D eigenvalue weighted by atomic mass is 16.5. The molecule has 3 rings (SSSR count). The van der Waals surface area contributed by atoms with E-state index in [0.29, 0.717) is 12.1 Å². The molecule has 19 heavy (non-hydrogen) atoms. The molecule has 2 unspecified atom stereocenters. The highest BCUT2D eigenvalue weighted by molar-refractivity contribution is 5.58. The minimum absolute atomic E-state index is 0.403. The second-order valence-corrected chi connectivity index (χ2v) is 5.86. The van der Waals surface area contributed by atoms with Gasteiger partial charge in [0.1, 0.15) is 0 Å². The van der Waals surface area contributed by atoms with Gasteiger partial charge in [-0.15, -0.1) is 0 Å². The Bertz CT molecular complexity index is 440. The Balaban J connectivity index is 1.58. The lowest BCUT2D eigenvalue weighted by atomic mass is 10.1. The molecular weight excluding hydrogens is 236 g/mol. The van der Waals surface area contributed by atoms with Crippen molar-refractivity contribution in [2.75, 3.05) is 25.1 Å². The SMILES string of the molecule is CC(NCc1ccc2c(c1)CCN2C)C1CCCO1. The van der Waals surface area contributed by atoms with E-state index < -0.39 is 0 Å². The van der Waals surface area contributed by atoms with E-state index in [1.54, 1.807) is 0 Å². The zero-order valence-electron chi connectivity index (χ0n) is 12.0. The number of nitrogens with zero attached hydrogens (tertiary/aromatic N) is 1. The van der Waals surface area contributed by atoms with Crippen LogP contribution in [0.5, 0.6) is 0 Å². The number of nitrogens with one attached hydrogen (secondary N) is 1. The predicted molar refractivity (Wildman–Crippen MR) is 78.7 cm³/mol. The topological polar surface area (TPSA) is 24.5 Å². The summed E-state index contributed by atoms with van der Waals surface area (Å²) in [5, 5.41) is 3.60. The second kappa shape index (κ2) is 5.51. The number of anilines is 1. The van der Waals surface area contributed by atoms with Gasteiger partial charge in [-0.25, -0.2) is 0 Å². The molecule has 0 aromatic heterocycles. The van der Waals surface area contributed by atoms with Crippen molar-refractivity contribution in [1.82, 2.24) is 5.32 Å². The Morgan fingerprint density at radius 1 is 1.47 bits per heavy atom. The van der Waals surface area contributed by atoms with Crippen LogP contribution in [0.1, 0.15) is 30.9 Å². The van der Waals surface area contributed by atoms with Gasteiger partial charge in [0.25, 0.3) is 0 Å². The van der Waals surface area contributed by atoms with E-state index in [0.717, 1.165) is 19.7 Å². The molecule has 3 heteroatoms. The number of rotatable bonds is 4. The van der Waals surface area contributed by atoms with Crippen molar-refractivity contribution in [2.45, 2.75) is 44.9 Å². The smallest absolute Gasteiger partial charge is 0.0726 e. The summed E-state index contributed by atoms with van der Waals surface area (Å²) < 4.78 is 5.72. The van der Waals surface area contributed by atoms with Crippen LogP contribution < -0.4 is 10.2 Å². The molecule has 1 fully saturated rings. The molecule has 0 saturated carbocycles. The van der Waals surface area contributed by atoms with E-state index in [2.05, 4.69) is 42.4 Å². The molecule has 0 bridgehead atoms. The number of hydrogen-bond donors (Lipinski definition) is 1. The summed E-state index contributed by atoms with van der Waals surface area (Å²) in [6.45, 7) is 5.26. The number of hydrogen-bond acceptors (Lipinski definition) is 3. The summed E-state index contributed by atoms with van der Waals surface area (Å²) in [5.41, 5.74) is 4.28. The van der Waals surface area contributed by atoms with Crippen molar-refractivity contribution in [3.8, 4) is 0 Å². The fourth-order valence-electron chi connectivity index (χ4n) is 3.14. The molecule has 1 aromatic rings. The fourth-order valence-corrected chi connectivity index (χ4v) is 3.14. The van der Waals surface area contributed by atoms with Gasteiger partial charge in [-0.2, -0.15) is 0 Å². The highest BCUT2D eigenvalue weighted by Crippen LogP contribution is 2.27. The van der Waals surface area contributed by atoms with Crippen LogP contribution >= 0.6 is 0 Å². The Labute approximate surface area is 115 Å². The van der Waals surface area contributed by atoms with Crippen LogP contribution in [0.3, 0.4) is 0 Å². The summed E-state index contributed by atoms with van der Waals surface area (Å²) in [7, 11) is 2.17. The summed E-state index contributed by atoms with van der Waals surface area (Å²) >= 11 is 0. The van der Waals surface area contributed by atoms with Crippen molar-refractivity contribution in [2.24, 2.45) is 0 Å². The molecule has 0 spiro atoms. The van der Waals surface area contributed by atoms with Gasteiger partial charge >= 0.3 is 0 Å². The van der Waals surface area contributed by atoms with Gasteiger partial charge in [-0.05, 0) is 43.4 Å². The molecule has 1 N–H and O–H groups in total. The van der Waals surface area contributed by atoms with Gasteiger partial charge in [0.2, 0.25) is 0 Å². The number of benzene rings is 1. The number of ether oxygens (including phenoxy) is 1. The summed E-state index contributed by atoms with van der Waals surface area (Å²) in [6, 6.07) is 7.30.